The van der Waals surface area contributed by atoms with E-state index in [1.165, 1.54) is 12.1 Å². The zero-order chi connectivity index (χ0) is 26.6. The molecule has 0 spiro atoms. The highest BCUT2D eigenvalue weighted by Crippen LogP contribution is 2.51. The fraction of sp³-hybridized carbons (Fsp3) is 0.536. The first-order chi connectivity index (χ1) is 17.3. The number of hydrogen-bond donors (Lipinski definition) is 1. The summed E-state index contributed by atoms with van der Waals surface area (Å²) in [6.07, 6.45) is -1.77. The van der Waals surface area contributed by atoms with Gasteiger partial charge in [-0.15, -0.1) is 0 Å². The Hall–Kier alpha value is -2.42. The molecule has 1 aliphatic carbocycles. The first kappa shape index (κ1) is 26.2. The highest BCUT2D eigenvalue weighted by molar-refractivity contribution is 7.92. The maximum atomic E-state index is 14.8. The number of carbonyl (C=O) groups excluding carboxylic acids is 1. The summed E-state index contributed by atoms with van der Waals surface area (Å²) in [5, 5.41) is 0. The van der Waals surface area contributed by atoms with Crippen LogP contribution in [0.25, 0.3) is 0 Å². The second-order valence-electron chi connectivity index (χ2n) is 11.0. The molecular weight excluding hydrogens is 504 g/mol. The minimum Gasteiger partial charge on any atom is -0.339 e. The third-order valence-electron chi connectivity index (χ3n) is 8.80. The molecule has 3 atom stereocenters. The number of fused-ring (bicyclic) bond motifs is 3. The second kappa shape index (κ2) is 9.10. The van der Waals surface area contributed by atoms with Crippen molar-refractivity contribution in [2.75, 3.05) is 18.1 Å². The molecule has 1 N–H and O–H groups in total. The SMILES string of the molecule is CC(F)(c1ccc2c(c1)CCC1N(C(=O)C3CCS(=N)(=O)CC3)CCC21Cc1ccccc1)C(F)(F)F. The second-order valence-corrected chi connectivity index (χ2v) is 13.5. The van der Waals surface area contributed by atoms with Gasteiger partial charge in [0.25, 0.3) is 0 Å². The molecule has 9 heteroatoms. The summed E-state index contributed by atoms with van der Waals surface area (Å²) in [7, 11) is -2.60. The smallest absolute Gasteiger partial charge is 0.339 e. The van der Waals surface area contributed by atoms with Gasteiger partial charge < -0.3 is 4.90 Å². The molecular formula is C28H32F4N2O2S. The largest absolute Gasteiger partial charge is 0.426 e. The van der Waals surface area contributed by atoms with E-state index >= 15 is 0 Å². The van der Waals surface area contributed by atoms with Crippen LogP contribution in [0.3, 0.4) is 0 Å². The molecule has 3 unspecified atom stereocenters. The average molecular weight is 537 g/mol. The molecule has 0 radical (unpaired) electrons. The zero-order valence-electron chi connectivity index (χ0n) is 20.8. The number of amides is 1. The van der Waals surface area contributed by atoms with Crippen molar-refractivity contribution in [2.24, 2.45) is 5.92 Å². The Balaban J connectivity index is 1.52. The lowest BCUT2D eigenvalue weighted by atomic mass is 9.63. The van der Waals surface area contributed by atoms with Crippen LogP contribution >= 0.6 is 0 Å². The van der Waals surface area contributed by atoms with Gasteiger partial charge in [-0.3, -0.25) is 9.57 Å². The number of likely N-dealkylation sites (tertiary alicyclic amines) is 1. The van der Waals surface area contributed by atoms with Gasteiger partial charge in [0.15, 0.2) is 0 Å². The van der Waals surface area contributed by atoms with Crippen molar-refractivity contribution in [3.05, 3.63) is 70.8 Å². The molecule has 3 aliphatic rings. The van der Waals surface area contributed by atoms with Crippen LogP contribution in [0.5, 0.6) is 0 Å². The van der Waals surface area contributed by atoms with E-state index in [2.05, 4.69) is 0 Å². The van der Waals surface area contributed by atoms with E-state index in [0.29, 0.717) is 52.0 Å². The van der Waals surface area contributed by atoms with Gasteiger partial charge in [-0.1, -0.05) is 48.5 Å². The Labute approximate surface area is 215 Å². The van der Waals surface area contributed by atoms with Crippen LogP contribution < -0.4 is 0 Å². The lowest BCUT2D eigenvalue weighted by molar-refractivity contribution is -0.228. The number of hydrogen-bond acceptors (Lipinski definition) is 3. The van der Waals surface area contributed by atoms with E-state index in [9.17, 15) is 26.6 Å². The van der Waals surface area contributed by atoms with Gasteiger partial charge in [-0.2, -0.15) is 13.2 Å². The number of carbonyl (C=O) groups is 1. The maximum Gasteiger partial charge on any atom is 0.426 e. The van der Waals surface area contributed by atoms with E-state index < -0.39 is 27.0 Å². The van der Waals surface area contributed by atoms with Crippen molar-refractivity contribution in [1.82, 2.24) is 4.90 Å². The summed E-state index contributed by atoms with van der Waals surface area (Å²) >= 11 is 0. The Morgan fingerprint density at radius 1 is 1.08 bits per heavy atom. The van der Waals surface area contributed by atoms with E-state index in [0.717, 1.165) is 16.7 Å². The Morgan fingerprint density at radius 3 is 2.41 bits per heavy atom. The quantitative estimate of drug-likeness (QED) is 0.494. The number of halogens is 4. The predicted molar refractivity (Wildman–Crippen MR) is 135 cm³/mol. The van der Waals surface area contributed by atoms with E-state index in [1.807, 2.05) is 35.2 Å². The highest BCUT2D eigenvalue weighted by atomic mass is 32.2. The minimum absolute atomic E-state index is 0.0308. The third kappa shape index (κ3) is 4.57. The minimum atomic E-state index is -5.01. The van der Waals surface area contributed by atoms with Gasteiger partial charge in [0.1, 0.15) is 0 Å². The number of benzene rings is 2. The number of rotatable bonds is 4. The van der Waals surface area contributed by atoms with Crippen LogP contribution in [0.4, 0.5) is 17.6 Å². The van der Waals surface area contributed by atoms with Gasteiger partial charge in [0, 0.05) is 45.2 Å². The van der Waals surface area contributed by atoms with E-state index in [1.54, 1.807) is 6.07 Å². The average Bonchev–Trinajstić information content (AvgIpc) is 3.22. The van der Waals surface area contributed by atoms with Crippen molar-refractivity contribution in [1.29, 1.82) is 4.78 Å². The van der Waals surface area contributed by atoms with Crippen LogP contribution in [0, 0.1) is 10.7 Å². The summed E-state index contributed by atoms with van der Waals surface area (Å²) in [6, 6.07) is 14.0. The van der Waals surface area contributed by atoms with Crippen molar-refractivity contribution in [2.45, 2.75) is 68.8 Å². The molecule has 2 fully saturated rings. The maximum absolute atomic E-state index is 14.8. The Morgan fingerprint density at radius 2 is 1.76 bits per heavy atom. The van der Waals surface area contributed by atoms with Crippen molar-refractivity contribution >= 4 is 15.6 Å². The van der Waals surface area contributed by atoms with Gasteiger partial charge in [-0.25, -0.2) is 8.60 Å². The standard InChI is InChI=1S/C28H32F4N2O2S/c1-26(29,28(30,31)32)22-8-9-23-21(17-22)7-10-24-27(23,18-19-5-3-2-4-6-19)13-14-34(24)25(35)20-11-15-37(33,36)16-12-20/h2-6,8-9,17,20,24,33H,7,10-16,18H2,1H3. The topological polar surface area (TPSA) is 61.2 Å². The Bertz CT molecular complexity index is 1280. The molecule has 37 heavy (non-hydrogen) atoms. The van der Waals surface area contributed by atoms with Gasteiger partial charge in [0.2, 0.25) is 11.6 Å². The fourth-order valence-electron chi connectivity index (χ4n) is 6.64. The van der Waals surface area contributed by atoms with Crippen molar-refractivity contribution in [3.8, 4) is 0 Å². The summed E-state index contributed by atoms with van der Waals surface area (Å²) in [5.74, 6) is 0.256. The summed E-state index contributed by atoms with van der Waals surface area (Å²) < 4.78 is 75.1. The molecule has 1 amide bonds. The molecule has 2 aromatic rings. The van der Waals surface area contributed by atoms with Crippen molar-refractivity contribution < 1.29 is 26.6 Å². The number of nitrogens with zero attached hydrogens (tertiary/aromatic N) is 1. The summed E-state index contributed by atoms with van der Waals surface area (Å²) in [5.41, 5.74) is -1.61. The van der Waals surface area contributed by atoms with Crippen molar-refractivity contribution in [3.63, 3.8) is 0 Å². The molecule has 0 aromatic heterocycles. The molecule has 2 saturated heterocycles. The fourth-order valence-corrected chi connectivity index (χ4v) is 8.17. The third-order valence-corrected chi connectivity index (χ3v) is 10.6. The van der Waals surface area contributed by atoms with E-state index in [-0.39, 0.29) is 34.9 Å². The number of alkyl halides is 4. The summed E-state index contributed by atoms with van der Waals surface area (Å²) in [4.78, 5) is 15.6. The molecule has 200 valence electrons. The number of aryl methyl sites for hydroxylation is 1. The number of nitrogens with one attached hydrogen (secondary N) is 1. The molecule has 0 bridgehead atoms. The first-order valence-corrected chi connectivity index (χ1v) is 14.7. The molecule has 0 saturated carbocycles. The normalized spacial score (nSPS) is 31.3. The monoisotopic (exact) mass is 536 g/mol. The Kier molecular flexibility index (Phi) is 6.44. The molecule has 2 heterocycles. The molecule has 2 aromatic carbocycles. The highest BCUT2D eigenvalue weighted by Gasteiger charge is 2.56. The lowest BCUT2D eigenvalue weighted by Gasteiger charge is -2.44. The van der Waals surface area contributed by atoms with Crippen LogP contribution in [-0.2, 0) is 38.4 Å². The molecule has 4 nitrogen and oxygen atoms in total. The molecule has 2 aliphatic heterocycles. The van der Waals surface area contributed by atoms with Crippen LogP contribution in [0.1, 0.15) is 54.9 Å². The van der Waals surface area contributed by atoms with E-state index in [4.69, 9.17) is 4.78 Å². The lowest BCUT2D eigenvalue weighted by Crippen LogP contribution is -2.51. The van der Waals surface area contributed by atoms with Crippen LogP contribution in [0.15, 0.2) is 48.5 Å². The van der Waals surface area contributed by atoms with Gasteiger partial charge in [-0.05, 0) is 67.7 Å². The summed E-state index contributed by atoms with van der Waals surface area (Å²) in [6.45, 7) is 1.10. The molecule has 5 rings (SSSR count). The van der Waals surface area contributed by atoms with Crippen LogP contribution in [0.2, 0.25) is 0 Å². The zero-order valence-corrected chi connectivity index (χ0v) is 21.6. The van der Waals surface area contributed by atoms with Gasteiger partial charge >= 0.3 is 6.18 Å². The first-order valence-electron chi connectivity index (χ1n) is 12.8. The predicted octanol–water partition coefficient (Wildman–Crippen LogP) is 5.92. The van der Waals surface area contributed by atoms with Gasteiger partial charge in [0.05, 0.1) is 0 Å². The van der Waals surface area contributed by atoms with Crippen LogP contribution in [-0.4, -0.2) is 45.3 Å².